The van der Waals surface area contributed by atoms with Crippen LogP contribution in [-0.4, -0.2) is 47.7 Å². The van der Waals surface area contributed by atoms with Gasteiger partial charge in [0.15, 0.2) is 0 Å². The maximum absolute atomic E-state index is 12.6. The highest BCUT2D eigenvalue weighted by Crippen LogP contribution is 2.08. The molecule has 1 rings (SSSR count). The number of hydrogen-bond donors (Lipinski definition) is 3. The molecular formula is C22H30N2O7. The Morgan fingerprint density at radius 2 is 1.71 bits per heavy atom. The molecule has 0 radical (unpaired) electrons. The highest BCUT2D eigenvalue weighted by Gasteiger charge is 2.27. The Hall–Kier alpha value is -3.36. The van der Waals surface area contributed by atoms with Gasteiger partial charge in [0.25, 0.3) is 0 Å². The fourth-order valence-electron chi connectivity index (χ4n) is 2.59. The van der Waals surface area contributed by atoms with Gasteiger partial charge < -0.3 is 25.2 Å². The molecule has 2 atom stereocenters. The molecule has 0 saturated heterocycles. The number of alkyl carbamates (subject to hydrolysis) is 1. The molecule has 0 fully saturated rings. The van der Waals surface area contributed by atoms with Crippen molar-refractivity contribution in [3.8, 4) is 0 Å². The van der Waals surface area contributed by atoms with E-state index in [1.165, 1.54) is 6.08 Å². The summed E-state index contributed by atoms with van der Waals surface area (Å²) in [5, 5.41) is 14.3. The van der Waals surface area contributed by atoms with Crippen molar-refractivity contribution in [1.82, 2.24) is 10.6 Å². The molecule has 0 bridgehead atoms. The Bertz CT molecular complexity index is 762. The number of aliphatic carboxylic acids is 1. The summed E-state index contributed by atoms with van der Waals surface area (Å²) in [7, 11) is 0. The molecule has 0 aliphatic rings. The van der Waals surface area contributed by atoms with Crippen LogP contribution in [0.15, 0.2) is 42.5 Å². The molecule has 3 N–H and O–H groups in total. The van der Waals surface area contributed by atoms with Gasteiger partial charge >= 0.3 is 18.0 Å². The molecule has 9 heteroatoms. The minimum Gasteiger partial charge on any atom is -0.480 e. The molecule has 2 amide bonds. The second kappa shape index (κ2) is 13.8. The van der Waals surface area contributed by atoms with Gasteiger partial charge in [-0.1, -0.05) is 50.3 Å². The number of rotatable bonds is 12. The van der Waals surface area contributed by atoms with E-state index in [0.717, 1.165) is 11.6 Å². The average molecular weight is 434 g/mol. The number of nitrogens with one attached hydrogen (secondary N) is 2. The minimum atomic E-state index is -1.27. The first-order valence-corrected chi connectivity index (χ1v) is 10.1. The smallest absolute Gasteiger partial charge is 0.408 e. The Balaban J connectivity index is 2.70. The molecule has 0 aliphatic heterocycles. The molecule has 0 spiro atoms. The number of benzene rings is 1. The summed E-state index contributed by atoms with van der Waals surface area (Å²) in [6.45, 7) is 5.63. The zero-order chi connectivity index (χ0) is 23.2. The number of carboxylic acids is 1. The largest absolute Gasteiger partial charge is 0.480 e. The van der Waals surface area contributed by atoms with Crippen LogP contribution in [0.4, 0.5) is 4.79 Å². The Morgan fingerprint density at radius 1 is 1.03 bits per heavy atom. The zero-order valence-corrected chi connectivity index (χ0v) is 18.0. The van der Waals surface area contributed by atoms with Crippen molar-refractivity contribution < 1.29 is 33.8 Å². The van der Waals surface area contributed by atoms with Crippen LogP contribution in [0.2, 0.25) is 0 Å². The lowest BCUT2D eigenvalue weighted by Gasteiger charge is -2.22. The number of hydrogen-bond acceptors (Lipinski definition) is 6. The van der Waals surface area contributed by atoms with Gasteiger partial charge in [0.2, 0.25) is 5.91 Å². The second-order valence-electron chi connectivity index (χ2n) is 7.18. The molecule has 1 aromatic carbocycles. The number of carbonyl (C=O) groups is 4. The highest BCUT2D eigenvalue weighted by molar-refractivity contribution is 5.89. The first-order chi connectivity index (χ1) is 14.7. The first-order valence-electron chi connectivity index (χ1n) is 10.1. The van der Waals surface area contributed by atoms with E-state index in [1.54, 1.807) is 19.1 Å². The highest BCUT2D eigenvalue weighted by atomic mass is 16.5. The molecule has 1 aromatic rings. The molecule has 0 heterocycles. The summed E-state index contributed by atoms with van der Waals surface area (Å²) >= 11 is 0. The van der Waals surface area contributed by atoms with E-state index >= 15 is 0 Å². The monoisotopic (exact) mass is 434 g/mol. The molecule has 0 aliphatic carbocycles. The van der Waals surface area contributed by atoms with Crippen LogP contribution >= 0.6 is 0 Å². The minimum absolute atomic E-state index is 0.0408. The van der Waals surface area contributed by atoms with Crippen LogP contribution in [0, 0.1) is 5.92 Å². The molecule has 31 heavy (non-hydrogen) atoms. The van der Waals surface area contributed by atoms with E-state index in [2.05, 4.69) is 10.6 Å². The maximum Gasteiger partial charge on any atom is 0.408 e. The van der Waals surface area contributed by atoms with Crippen molar-refractivity contribution >= 4 is 23.9 Å². The third-order valence-corrected chi connectivity index (χ3v) is 4.06. The van der Waals surface area contributed by atoms with Gasteiger partial charge in [0, 0.05) is 6.08 Å². The Morgan fingerprint density at radius 3 is 2.29 bits per heavy atom. The Kier molecular flexibility index (Phi) is 11.4. The number of carbonyl (C=O) groups excluding carboxylic acids is 3. The summed E-state index contributed by atoms with van der Waals surface area (Å²) in [5.41, 5.74) is 0.793. The van der Waals surface area contributed by atoms with Crippen LogP contribution in [0.5, 0.6) is 0 Å². The lowest BCUT2D eigenvalue weighted by molar-refractivity contribution is -0.142. The fraction of sp³-hybridized carbons (Fsp3) is 0.455. The maximum atomic E-state index is 12.6. The Labute approximate surface area is 181 Å². The standard InChI is InChI=1S/C22H30N2O7/c1-4-30-19(25)12-8-11-17(21(27)28)23-20(26)18(13-15(2)3)24-22(29)31-14-16-9-6-5-7-10-16/h5-10,12,15,17-18H,4,11,13-14H2,1-3H3,(H,23,26)(H,24,29)(H,27,28)/b12-8+/t17-,18-/m0/s1. The van der Waals surface area contributed by atoms with Crippen LogP contribution in [0.3, 0.4) is 0 Å². The molecule has 9 nitrogen and oxygen atoms in total. The van der Waals surface area contributed by atoms with Crippen molar-refractivity contribution in [2.24, 2.45) is 5.92 Å². The van der Waals surface area contributed by atoms with E-state index in [9.17, 15) is 24.3 Å². The van der Waals surface area contributed by atoms with Gasteiger partial charge in [-0.05, 0) is 31.2 Å². The number of esters is 1. The lowest BCUT2D eigenvalue weighted by Crippen LogP contribution is -2.52. The van der Waals surface area contributed by atoms with Gasteiger partial charge in [-0.2, -0.15) is 0 Å². The lowest BCUT2D eigenvalue weighted by atomic mass is 10.0. The van der Waals surface area contributed by atoms with Crippen LogP contribution in [-0.2, 0) is 30.5 Å². The van der Waals surface area contributed by atoms with Gasteiger partial charge in [-0.15, -0.1) is 0 Å². The van der Waals surface area contributed by atoms with Crippen molar-refractivity contribution in [2.75, 3.05) is 6.61 Å². The summed E-state index contributed by atoms with van der Waals surface area (Å²) in [6, 6.07) is 6.82. The van der Waals surface area contributed by atoms with Crippen molar-refractivity contribution in [2.45, 2.75) is 52.3 Å². The number of ether oxygens (including phenoxy) is 2. The zero-order valence-electron chi connectivity index (χ0n) is 18.0. The number of amides is 2. The third-order valence-electron chi connectivity index (χ3n) is 4.06. The second-order valence-corrected chi connectivity index (χ2v) is 7.18. The molecular weight excluding hydrogens is 404 g/mol. The average Bonchev–Trinajstić information content (AvgIpc) is 2.71. The SMILES string of the molecule is CCOC(=O)/C=C/C[C@H](NC(=O)[C@H](CC(C)C)NC(=O)OCc1ccccc1)C(=O)O. The normalized spacial score (nSPS) is 12.8. The van der Waals surface area contributed by atoms with E-state index in [1.807, 2.05) is 32.0 Å². The van der Waals surface area contributed by atoms with Crippen LogP contribution in [0.1, 0.15) is 39.2 Å². The summed E-state index contributed by atoms with van der Waals surface area (Å²) < 4.78 is 9.87. The molecule has 170 valence electrons. The summed E-state index contributed by atoms with van der Waals surface area (Å²) in [5.74, 6) is -2.46. The van der Waals surface area contributed by atoms with E-state index in [4.69, 9.17) is 9.47 Å². The van der Waals surface area contributed by atoms with Crippen LogP contribution in [0.25, 0.3) is 0 Å². The fourth-order valence-corrected chi connectivity index (χ4v) is 2.59. The quantitative estimate of drug-likeness (QED) is 0.340. The first kappa shape index (κ1) is 25.7. The van der Waals surface area contributed by atoms with Gasteiger partial charge in [-0.25, -0.2) is 14.4 Å². The van der Waals surface area contributed by atoms with Crippen molar-refractivity contribution in [3.63, 3.8) is 0 Å². The van der Waals surface area contributed by atoms with E-state index in [-0.39, 0.29) is 32.0 Å². The number of carboxylic acid groups (broad SMARTS) is 1. The summed E-state index contributed by atoms with van der Waals surface area (Å²) in [4.78, 5) is 47.6. The topological polar surface area (TPSA) is 131 Å². The van der Waals surface area contributed by atoms with Gasteiger partial charge in [0.05, 0.1) is 6.61 Å². The van der Waals surface area contributed by atoms with Crippen molar-refractivity contribution in [1.29, 1.82) is 0 Å². The predicted molar refractivity (Wildman–Crippen MR) is 113 cm³/mol. The van der Waals surface area contributed by atoms with Gasteiger partial charge in [0.1, 0.15) is 18.7 Å². The molecule has 0 saturated carbocycles. The van der Waals surface area contributed by atoms with E-state index < -0.39 is 36.0 Å². The molecule has 0 unspecified atom stereocenters. The third kappa shape index (κ3) is 10.8. The predicted octanol–water partition coefficient (Wildman–Crippen LogP) is 2.41. The van der Waals surface area contributed by atoms with Crippen LogP contribution < -0.4 is 10.6 Å². The van der Waals surface area contributed by atoms with Crippen molar-refractivity contribution in [3.05, 3.63) is 48.0 Å². The molecule has 0 aromatic heterocycles. The summed E-state index contributed by atoms with van der Waals surface area (Å²) in [6.07, 6.45) is 1.81. The van der Waals surface area contributed by atoms with E-state index in [0.29, 0.717) is 0 Å². The van der Waals surface area contributed by atoms with Gasteiger partial charge in [-0.3, -0.25) is 4.79 Å².